The van der Waals surface area contributed by atoms with E-state index in [-0.39, 0.29) is 31.3 Å². The van der Waals surface area contributed by atoms with E-state index in [1.807, 2.05) is 48.5 Å². The van der Waals surface area contributed by atoms with Gasteiger partial charge in [-0.15, -0.1) is 0 Å². The molecule has 8 heteroatoms. The molecule has 36 heavy (non-hydrogen) atoms. The SMILES string of the molecule is COc1ccc(CN(C(=O)Cc2ccc(OC)c(OC)c2)[C@H](C)C(=O)NCc2ccccc2Cl)cc1. The quantitative estimate of drug-likeness (QED) is 0.406. The Morgan fingerprint density at radius 3 is 2.19 bits per heavy atom. The van der Waals surface area contributed by atoms with Crippen LogP contribution in [-0.4, -0.2) is 44.1 Å². The summed E-state index contributed by atoms with van der Waals surface area (Å²) in [5, 5.41) is 3.48. The predicted molar refractivity (Wildman–Crippen MR) is 140 cm³/mol. The first kappa shape index (κ1) is 26.9. The fraction of sp³-hybridized carbons (Fsp3) is 0.286. The fourth-order valence-electron chi connectivity index (χ4n) is 3.75. The van der Waals surface area contributed by atoms with Gasteiger partial charge in [0.15, 0.2) is 11.5 Å². The molecule has 0 aliphatic rings. The number of hydrogen-bond acceptors (Lipinski definition) is 5. The van der Waals surface area contributed by atoms with Gasteiger partial charge in [-0.25, -0.2) is 0 Å². The largest absolute Gasteiger partial charge is 0.497 e. The average molecular weight is 511 g/mol. The molecule has 3 aromatic rings. The Labute approximate surface area is 216 Å². The maximum Gasteiger partial charge on any atom is 0.242 e. The summed E-state index contributed by atoms with van der Waals surface area (Å²) >= 11 is 6.22. The van der Waals surface area contributed by atoms with Crippen molar-refractivity contribution in [3.05, 3.63) is 88.4 Å². The molecule has 1 atom stereocenters. The van der Waals surface area contributed by atoms with Crippen LogP contribution in [0.3, 0.4) is 0 Å². The molecule has 0 bridgehead atoms. The van der Waals surface area contributed by atoms with E-state index in [0.717, 1.165) is 16.7 Å². The lowest BCUT2D eigenvalue weighted by Crippen LogP contribution is -2.48. The van der Waals surface area contributed by atoms with Gasteiger partial charge in [0.05, 0.1) is 27.8 Å². The Balaban J connectivity index is 1.80. The third-order valence-electron chi connectivity index (χ3n) is 5.89. The van der Waals surface area contributed by atoms with Crippen molar-refractivity contribution in [1.29, 1.82) is 0 Å². The zero-order chi connectivity index (χ0) is 26.1. The van der Waals surface area contributed by atoms with E-state index in [1.165, 1.54) is 0 Å². The van der Waals surface area contributed by atoms with Crippen molar-refractivity contribution in [3.8, 4) is 17.2 Å². The number of methoxy groups -OCH3 is 3. The van der Waals surface area contributed by atoms with Crippen LogP contribution >= 0.6 is 11.6 Å². The number of amides is 2. The maximum atomic E-state index is 13.5. The monoisotopic (exact) mass is 510 g/mol. The topological polar surface area (TPSA) is 77.1 Å². The third kappa shape index (κ3) is 6.92. The number of carbonyl (C=O) groups excluding carboxylic acids is 2. The van der Waals surface area contributed by atoms with Crippen LogP contribution in [-0.2, 0) is 29.1 Å². The number of nitrogens with zero attached hydrogens (tertiary/aromatic N) is 1. The standard InChI is InChI=1S/C28H31ClN2O5/c1-19(28(33)30-17-22-7-5-6-8-24(22)29)31(18-20-9-12-23(34-2)13-10-20)27(32)16-21-11-14-25(35-3)26(15-21)36-4/h5-15,19H,16-18H2,1-4H3,(H,30,33)/t19-/m1/s1. The number of rotatable bonds is 11. The van der Waals surface area contributed by atoms with Crippen LogP contribution in [0, 0.1) is 0 Å². The molecule has 0 aliphatic carbocycles. The van der Waals surface area contributed by atoms with Gasteiger partial charge in [-0.05, 0) is 53.9 Å². The van der Waals surface area contributed by atoms with Crippen molar-refractivity contribution >= 4 is 23.4 Å². The molecule has 2 amide bonds. The summed E-state index contributed by atoms with van der Waals surface area (Å²) < 4.78 is 15.9. The highest BCUT2D eigenvalue weighted by Gasteiger charge is 2.26. The highest BCUT2D eigenvalue weighted by Crippen LogP contribution is 2.28. The van der Waals surface area contributed by atoms with Crippen LogP contribution < -0.4 is 19.5 Å². The molecule has 0 aromatic heterocycles. The van der Waals surface area contributed by atoms with Crippen molar-refractivity contribution in [2.45, 2.75) is 32.5 Å². The molecule has 190 valence electrons. The highest BCUT2D eigenvalue weighted by molar-refractivity contribution is 6.31. The maximum absolute atomic E-state index is 13.5. The average Bonchev–Trinajstić information content (AvgIpc) is 2.90. The molecule has 3 rings (SSSR count). The molecule has 0 aliphatic heterocycles. The van der Waals surface area contributed by atoms with Gasteiger partial charge in [0, 0.05) is 18.1 Å². The lowest BCUT2D eigenvalue weighted by atomic mass is 10.1. The second-order valence-electron chi connectivity index (χ2n) is 8.22. The number of nitrogens with one attached hydrogen (secondary N) is 1. The van der Waals surface area contributed by atoms with Gasteiger partial charge in [0.1, 0.15) is 11.8 Å². The van der Waals surface area contributed by atoms with Crippen molar-refractivity contribution in [3.63, 3.8) is 0 Å². The molecule has 0 fully saturated rings. The summed E-state index contributed by atoms with van der Waals surface area (Å²) in [5.41, 5.74) is 2.43. The molecule has 0 unspecified atom stereocenters. The minimum atomic E-state index is -0.720. The van der Waals surface area contributed by atoms with Gasteiger partial charge in [-0.3, -0.25) is 9.59 Å². The van der Waals surface area contributed by atoms with E-state index in [2.05, 4.69) is 5.32 Å². The van der Waals surface area contributed by atoms with Gasteiger partial charge in [-0.1, -0.05) is 48.0 Å². The van der Waals surface area contributed by atoms with Crippen molar-refractivity contribution < 1.29 is 23.8 Å². The van der Waals surface area contributed by atoms with Crippen LogP contribution in [0.2, 0.25) is 5.02 Å². The molecular formula is C28H31ClN2O5. The lowest BCUT2D eigenvalue weighted by Gasteiger charge is -2.29. The van der Waals surface area contributed by atoms with E-state index < -0.39 is 6.04 Å². The number of halogens is 1. The lowest BCUT2D eigenvalue weighted by molar-refractivity contribution is -0.140. The van der Waals surface area contributed by atoms with Crippen LogP contribution in [0.1, 0.15) is 23.6 Å². The molecular weight excluding hydrogens is 480 g/mol. The molecule has 0 saturated carbocycles. The zero-order valence-electron chi connectivity index (χ0n) is 20.9. The van der Waals surface area contributed by atoms with Gasteiger partial charge in [0.25, 0.3) is 0 Å². The van der Waals surface area contributed by atoms with Gasteiger partial charge in [0.2, 0.25) is 11.8 Å². The predicted octanol–water partition coefficient (Wildman–Crippen LogP) is 4.64. The minimum Gasteiger partial charge on any atom is -0.497 e. The highest BCUT2D eigenvalue weighted by atomic mass is 35.5. The summed E-state index contributed by atoms with van der Waals surface area (Å²) in [6.45, 7) is 2.25. The van der Waals surface area contributed by atoms with E-state index in [9.17, 15) is 9.59 Å². The summed E-state index contributed by atoms with van der Waals surface area (Å²) in [4.78, 5) is 28.2. The number of carbonyl (C=O) groups is 2. The van der Waals surface area contributed by atoms with Gasteiger partial charge in [-0.2, -0.15) is 0 Å². The van der Waals surface area contributed by atoms with Gasteiger partial charge < -0.3 is 24.4 Å². The molecule has 0 heterocycles. The molecule has 7 nitrogen and oxygen atoms in total. The molecule has 0 spiro atoms. The van der Waals surface area contributed by atoms with Crippen LogP contribution in [0.15, 0.2) is 66.7 Å². The zero-order valence-corrected chi connectivity index (χ0v) is 21.7. The number of ether oxygens (including phenoxy) is 3. The summed E-state index contributed by atoms with van der Waals surface area (Å²) in [6.07, 6.45) is 0.0959. The van der Waals surface area contributed by atoms with Gasteiger partial charge >= 0.3 is 0 Å². The fourth-order valence-corrected chi connectivity index (χ4v) is 3.95. The van der Waals surface area contributed by atoms with Crippen molar-refractivity contribution in [2.24, 2.45) is 0 Å². The summed E-state index contributed by atoms with van der Waals surface area (Å²) in [5.74, 6) is 1.36. The molecule has 0 saturated heterocycles. The molecule has 1 N–H and O–H groups in total. The second kappa shape index (κ2) is 12.8. The molecule has 3 aromatic carbocycles. The number of hydrogen-bond donors (Lipinski definition) is 1. The van der Waals surface area contributed by atoms with E-state index >= 15 is 0 Å². The first-order valence-electron chi connectivity index (χ1n) is 11.5. The van der Waals surface area contributed by atoms with Crippen LogP contribution in [0.4, 0.5) is 0 Å². The summed E-state index contributed by atoms with van der Waals surface area (Å²) in [6, 6.07) is 19.4. The summed E-state index contributed by atoms with van der Waals surface area (Å²) in [7, 11) is 4.70. The Morgan fingerprint density at radius 2 is 1.56 bits per heavy atom. The third-order valence-corrected chi connectivity index (χ3v) is 6.26. The Hall–Kier alpha value is -3.71. The number of benzene rings is 3. The van der Waals surface area contributed by atoms with Crippen molar-refractivity contribution in [1.82, 2.24) is 10.2 Å². The van der Waals surface area contributed by atoms with Crippen LogP contribution in [0.5, 0.6) is 17.2 Å². The Morgan fingerprint density at radius 1 is 0.889 bits per heavy atom. The van der Waals surface area contributed by atoms with Crippen molar-refractivity contribution in [2.75, 3.05) is 21.3 Å². The van der Waals surface area contributed by atoms with Crippen LogP contribution in [0.25, 0.3) is 0 Å². The normalized spacial score (nSPS) is 11.4. The first-order valence-corrected chi connectivity index (χ1v) is 11.9. The Kier molecular flexibility index (Phi) is 9.59. The Bertz CT molecular complexity index is 1180. The first-order chi connectivity index (χ1) is 17.4. The smallest absolute Gasteiger partial charge is 0.242 e. The minimum absolute atomic E-state index is 0.0959. The van der Waals surface area contributed by atoms with E-state index in [0.29, 0.717) is 22.3 Å². The molecule has 0 radical (unpaired) electrons. The van der Waals surface area contributed by atoms with E-state index in [4.69, 9.17) is 25.8 Å². The van der Waals surface area contributed by atoms with E-state index in [1.54, 1.807) is 51.4 Å². The second-order valence-corrected chi connectivity index (χ2v) is 8.63.